The van der Waals surface area contributed by atoms with Gasteiger partial charge in [0.1, 0.15) is 0 Å². The molecule has 0 unspecified atom stereocenters. The van der Waals surface area contributed by atoms with Crippen LogP contribution in [0, 0.1) is 0 Å². The van der Waals surface area contributed by atoms with Crippen LogP contribution in [0.15, 0.2) is 9.98 Å². The molecule has 1 rings (SSSR count). The van der Waals surface area contributed by atoms with Gasteiger partial charge < -0.3 is 0 Å². The third-order valence-corrected chi connectivity index (χ3v) is 2.49. The Balaban J connectivity index is 2.85. The zero-order chi connectivity index (χ0) is 11.3. The number of nitrogens with zero attached hydrogens (tertiary/aromatic N) is 2. The van der Waals surface area contributed by atoms with Crippen molar-refractivity contribution in [2.75, 3.05) is 0 Å². The Labute approximate surface area is 93.9 Å². The highest BCUT2D eigenvalue weighted by Crippen LogP contribution is 2.15. The molecule has 0 aromatic carbocycles. The van der Waals surface area contributed by atoms with E-state index >= 15 is 0 Å². The average molecular weight is 208 g/mol. The fourth-order valence-electron chi connectivity index (χ4n) is 1.95. The van der Waals surface area contributed by atoms with Crippen LogP contribution in [0.3, 0.4) is 0 Å². The van der Waals surface area contributed by atoms with Crippen molar-refractivity contribution in [2.45, 2.75) is 71.9 Å². The lowest BCUT2D eigenvalue weighted by molar-refractivity contribution is 0.730. The SMILES string of the molecule is CC(C)N=C1CCCCCC1=NC(C)C. The van der Waals surface area contributed by atoms with Gasteiger partial charge in [0.05, 0.1) is 11.4 Å². The maximum Gasteiger partial charge on any atom is 0.0561 e. The monoisotopic (exact) mass is 208 g/mol. The van der Waals surface area contributed by atoms with Gasteiger partial charge in [-0.1, -0.05) is 6.42 Å². The van der Waals surface area contributed by atoms with E-state index in [0.29, 0.717) is 12.1 Å². The molecule has 0 aromatic rings. The molecule has 0 spiro atoms. The lowest BCUT2D eigenvalue weighted by atomic mass is 10.1. The minimum absolute atomic E-state index is 0.399. The fourth-order valence-corrected chi connectivity index (χ4v) is 1.95. The first kappa shape index (κ1) is 12.4. The molecule has 0 N–H and O–H groups in total. The normalized spacial score (nSPS) is 24.1. The molecule has 1 saturated carbocycles. The number of hydrogen-bond acceptors (Lipinski definition) is 2. The summed E-state index contributed by atoms with van der Waals surface area (Å²) in [7, 11) is 0. The summed E-state index contributed by atoms with van der Waals surface area (Å²) in [5.74, 6) is 0. The van der Waals surface area contributed by atoms with Gasteiger partial charge in [0.15, 0.2) is 0 Å². The first-order valence-electron chi connectivity index (χ1n) is 6.23. The lowest BCUT2D eigenvalue weighted by Crippen LogP contribution is -2.16. The summed E-state index contributed by atoms with van der Waals surface area (Å²) in [6.45, 7) is 8.57. The Hall–Kier alpha value is -0.660. The van der Waals surface area contributed by atoms with Crippen molar-refractivity contribution in [3.63, 3.8) is 0 Å². The highest BCUT2D eigenvalue weighted by Gasteiger charge is 2.13. The second-order valence-corrected chi connectivity index (χ2v) is 4.90. The quantitative estimate of drug-likeness (QED) is 0.619. The van der Waals surface area contributed by atoms with Crippen molar-refractivity contribution in [3.8, 4) is 0 Å². The minimum Gasteiger partial charge on any atom is -0.285 e. The minimum atomic E-state index is 0.399. The number of rotatable bonds is 2. The predicted octanol–water partition coefficient (Wildman–Crippen LogP) is 3.65. The van der Waals surface area contributed by atoms with Gasteiger partial charge in [-0.2, -0.15) is 0 Å². The fraction of sp³-hybridized carbons (Fsp3) is 0.846. The van der Waals surface area contributed by atoms with Gasteiger partial charge in [0, 0.05) is 12.1 Å². The van der Waals surface area contributed by atoms with Gasteiger partial charge in [-0.25, -0.2) is 0 Å². The van der Waals surface area contributed by atoms with E-state index in [1.165, 1.54) is 30.7 Å². The average Bonchev–Trinajstić information content (AvgIpc) is 2.30. The van der Waals surface area contributed by atoms with Crippen molar-refractivity contribution in [2.24, 2.45) is 9.98 Å². The van der Waals surface area contributed by atoms with Crippen LogP contribution in [-0.4, -0.2) is 23.5 Å². The molecule has 0 saturated heterocycles. The van der Waals surface area contributed by atoms with Crippen molar-refractivity contribution >= 4 is 11.4 Å². The molecule has 86 valence electrons. The van der Waals surface area contributed by atoms with Crippen LogP contribution in [-0.2, 0) is 0 Å². The molecule has 0 bridgehead atoms. The molecule has 1 aliphatic carbocycles. The highest BCUT2D eigenvalue weighted by molar-refractivity contribution is 6.42. The van der Waals surface area contributed by atoms with Crippen LogP contribution >= 0.6 is 0 Å². The van der Waals surface area contributed by atoms with Crippen LogP contribution in [0.2, 0.25) is 0 Å². The summed E-state index contributed by atoms with van der Waals surface area (Å²) >= 11 is 0. The van der Waals surface area contributed by atoms with E-state index in [2.05, 4.69) is 27.7 Å². The third kappa shape index (κ3) is 4.59. The smallest absolute Gasteiger partial charge is 0.0561 e. The van der Waals surface area contributed by atoms with Crippen LogP contribution < -0.4 is 0 Å². The van der Waals surface area contributed by atoms with Gasteiger partial charge in [-0.05, 0) is 53.4 Å². The Kier molecular flexibility index (Phi) is 5.00. The standard InChI is InChI=1S/C13H24N2/c1-10(2)14-12-8-6-5-7-9-13(12)15-11(3)4/h10-11H,5-9H2,1-4H3. The van der Waals surface area contributed by atoms with Gasteiger partial charge >= 0.3 is 0 Å². The van der Waals surface area contributed by atoms with Gasteiger partial charge in [-0.3, -0.25) is 9.98 Å². The van der Waals surface area contributed by atoms with Crippen molar-refractivity contribution in [1.82, 2.24) is 0 Å². The number of aliphatic imine (C=N–C) groups is 2. The summed E-state index contributed by atoms with van der Waals surface area (Å²) in [6, 6.07) is 0.797. The predicted molar refractivity (Wildman–Crippen MR) is 68.2 cm³/mol. The summed E-state index contributed by atoms with van der Waals surface area (Å²) in [4.78, 5) is 9.43. The summed E-state index contributed by atoms with van der Waals surface area (Å²) in [6.07, 6.45) is 6.15. The molecule has 0 atom stereocenters. The van der Waals surface area contributed by atoms with Crippen LogP contribution in [0.1, 0.15) is 59.8 Å². The zero-order valence-electron chi connectivity index (χ0n) is 10.6. The second kappa shape index (κ2) is 6.04. The van der Waals surface area contributed by atoms with Crippen LogP contribution in [0.4, 0.5) is 0 Å². The molecule has 2 heteroatoms. The van der Waals surface area contributed by atoms with E-state index in [4.69, 9.17) is 9.98 Å². The highest BCUT2D eigenvalue weighted by atomic mass is 14.8. The van der Waals surface area contributed by atoms with E-state index in [1.54, 1.807) is 0 Å². The van der Waals surface area contributed by atoms with Crippen molar-refractivity contribution in [1.29, 1.82) is 0 Å². The van der Waals surface area contributed by atoms with E-state index in [1.807, 2.05) is 0 Å². The van der Waals surface area contributed by atoms with E-state index < -0.39 is 0 Å². The van der Waals surface area contributed by atoms with E-state index in [9.17, 15) is 0 Å². The Bertz CT molecular complexity index is 223. The Morgan fingerprint density at radius 2 is 1.13 bits per heavy atom. The molecule has 2 nitrogen and oxygen atoms in total. The molecular formula is C13H24N2. The van der Waals surface area contributed by atoms with Gasteiger partial charge in [-0.15, -0.1) is 0 Å². The first-order chi connectivity index (χ1) is 7.09. The Morgan fingerprint density at radius 3 is 1.47 bits per heavy atom. The molecule has 0 aromatic heterocycles. The maximum absolute atomic E-state index is 4.72. The summed E-state index contributed by atoms with van der Waals surface area (Å²) in [5.41, 5.74) is 2.55. The topological polar surface area (TPSA) is 24.7 Å². The zero-order valence-corrected chi connectivity index (χ0v) is 10.6. The molecule has 0 heterocycles. The molecule has 15 heavy (non-hydrogen) atoms. The number of hydrogen-bond donors (Lipinski definition) is 0. The third-order valence-electron chi connectivity index (χ3n) is 2.49. The summed E-state index contributed by atoms with van der Waals surface area (Å²) < 4.78 is 0. The van der Waals surface area contributed by atoms with E-state index in [-0.39, 0.29) is 0 Å². The van der Waals surface area contributed by atoms with Crippen molar-refractivity contribution in [3.05, 3.63) is 0 Å². The molecule has 1 aliphatic rings. The molecule has 0 aliphatic heterocycles. The molecule has 1 fully saturated rings. The van der Waals surface area contributed by atoms with Crippen molar-refractivity contribution < 1.29 is 0 Å². The van der Waals surface area contributed by atoms with Crippen LogP contribution in [0.5, 0.6) is 0 Å². The molecule has 0 radical (unpaired) electrons. The van der Waals surface area contributed by atoms with E-state index in [0.717, 1.165) is 12.8 Å². The molecular weight excluding hydrogens is 184 g/mol. The lowest BCUT2D eigenvalue weighted by Gasteiger charge is -2.09. The first-order valence-corrected chi connectivity index (χ1v) is 6.23. The second-order valence-electron chi connectivity index (χ2n) is 4.90. The molecule has 0 amide bonds. The Morgan fingerprint density at radius 1 is 0.733 bits per heavy atom. The summed E-state index contributed by atoms with van der Waals surface area (Å²) in [5, 5.41) is 0. The van der Waals surface area contributed by atoms with Gasteiger partial charge in [0.2, 0.25) is 0 Å². The largest absolute Gasteiger partial charge is 0.285 e. The maximum atomic E-state index is 4.72. The van der Waals surface area contributed by atoms with Crippen LogP contribution in [0.25, 0.3) is 0 Å². The van der Waals surface area contributed by atoms with Gasteiger partial charge in [0.25, 0.3) is 0 Å².